The molecule has 1 amide bonds. The number of piperidine rings is 1. The van der Waals surface area contributed by atoms with Crippen molar-refractivity contribution in [2.24, 2.45) is 0 Å². The van der Waals surface area contributed by atoms with Gasteiger partial charge in [0, 0.05) is 42.6 Å². The summed E-state index contributed by atoms with van der Waals surface area (Å²) in [6, 6.07) is 19.9. The number of hydrogen-bond donors (Lipinski definition) is 0. The van der Waals surface area contributed by atoms with Crippen LogP contribution in [0.4, 0.5) is 0 Å². The molecule has 2 aromatic carbocycles. The Morgan fingerprint density at radius 3 is 2.30 bits per heavy atom. The van der Waals surface area contributed by atoms with Crippen LogP contribution in [-0.2, 0) is 0 Å². The van der Waals surface area contributed by atoms with Crippen molar-refractivity contribution in [1.29, 1.82) is 0 Å². The lowest BCUT2D eigenvalue weighted by atomic mass is 10.1. The highest BCUT2D eigenvalue weighted by Gasteiger charge is 2.25. The number of ether oxygens (including phenoxy) is 1. The fourth-order valence-electron chi connectivity index (χ4n) is 3.70. The molecule has 30 heavy (non-hydrogen) atoms. The third-order valence-corrected chi connectivity index (χ3v) is 6.34. The van der Waals surface area contributed by atoms with Gasteiger partial charge in [0.1, 0.15) is 16.9 Å². The summed E-state index contributed by atoms with van der Waals surface area (Å²) in [5.41, 5.74) is 3.06. The van der Waals surface area contributed by atoms with Crippen molar-refractivity contribution in [1.82, 2.24) is 9.88 Å². The number of aromatic nitrogens is 1. The van der Waals surface area contributed by atoms with Crippen LogP contribution in [0.3, 0.4) is 0 Å². The maximum Gasteiger partial charge on any atom is 0.253 e. The number of amides is 1. The Kier molecular flexibility index (Phi) is 6.38. The first kappa shape index (κ1) is 20.5. The van der Waals surface area contributed by atoms with Crippen LogP contribution in [0.15, 0.2) is 76.8 Å². The standard InChI is InChI=1S/C25H26N2O2S/c1-18-6-5-7-19(2)24(18)29-21-13-16-27(17-14-21)25(28)20-9-11-22(12-10-20)30-23-8-3-4-15-26-23/h3-12,15,21H,13-14,16-17H2,1-2H3. The minimum atomic E-state index is 0.0925. The number of hydrogen-bond acceptors (Lipinski definition) is 4. The molecule has 4 rings (SSSR count). The maximum atomic E-state index is 12.9. The summed E-state index contributed by atoms with van der Waals surface area (Å²) >= 11 is 1.59. The molecular formula is C25H26N2O2S. The highest BCUT2D eigenvalue weighted by Crippen LogP contribution is 2.28. The van der Waals surface area contributed by atoms with Gasteiger partial charge in [0.2, 0.25) is 0 Å². The van der Waals surface area contributed by atoms with Gasteiger partial charge in [-0.25, -0.2) is 4.98 Å². The summed E-state index contributed by atoms with van der Waals surface area (Å²) in [7, 11) is 0. The molecule has 3 aromatic rings. The summed E-state index contributed by atoms with van der Waals surface area (Å²) in [4.78, 5) is 20.2. The van der Waals surface area contributed by atoms with E-state index < -0.39 is 0 Å². The molecule has 1 aromatic heterocycles. The molecule has 1 fully saturated rings. The molecule has 0 N–H and O–H groups in total. The van der Waals surface area contributed by atoms with E-state index in [0.717, 1.165) is 58.3 Å². The molecular weight excluding hydrogens is 392 g/mol. The number of para-hydroxylation sites is 1. The van der Waals surface area contributed by atoms with Crippen LogP contribution >= 0.6 is 11.8 Å². The highest BCUT2D eigenvalue weighted by atomic mass is 32.2. The summed E-state index contributed by atoms with van der Waals surface area (Å²) in [5.74, 6) is 1.08. The second-order valence-electron chi connectivity index (χ2n) is 7.62. The van der Waals surface area contributed by atoms with E-state index in [4.69, 9.17) is 4.74 Å². The lowest BCUT2D eigenvalue weighted by molar-refractivity contribution is 0.0593. The predicted octanol–water partition coefficient (Wildman–Crippen LogP) is 5.53. The monoisotopic (exact) mass is 418 g/mol. The molecule has 154 valence electrons. The average Bonchev–Trinajstić information content (AvgIpc) is 2.78. The van der Waals surface area contributed by atoms with E-state index in [0.29, 0.717) is 0 Å². The smallest absolute Gasteiger partial charge is 0.253 e. The van der Waals surface area contributed by atoms with Crippen LogP contribution in [0.5, 0.6) is 5.75 Å². The van der Waals surface area contributed by atoms with Crippen LogP contribution < -0.4 is 4.74 Å². The van der Waals surface area contributed by atoms with Gasteiger partial charge < -0.3 is 9.64 Å². The van der Waals surface area contributed by atoms with Gasteiger partial charge in [-0.15, -0.1) is 0 Å². The van der Waals surface area contributed by atoms with Gasteiger partial charge >= 0.3 is 0 Å². The highest BCUT2D eigenvalue weighted by molar-refractivity contribution is 7.99. The van der Waals surface area contributed by atoms with Crippen LogP contribution in [0.2, 0.25) is 0 Å². The number of pyridine rings is 1. The average molecular weight is 419 g/mol. The van der Waals surface area contributed by atoms with Crippen molar-refractivity contribution in [2.45, 2.75) is 42.7 Å². The normalized spacial score (nSPS) is 14.5. The Hall–Kier alpha value is -2.79. The fourth-order valence-corrected chi connectivity index (χ4v) is 4.48. The lowest BCUT2D eigenvalue weighted by Crippen LogP contribution is -2.41. The minimum Gasteiger partial charge on any atom is -0.490 e. The van der Waals surface area contributed by atoms with E-state index in [-0.39, 0.29) is 12.0 Å². The third kappa shape index (κ3) is 4.85. The zero-order valence-electron chi connectivity index (χ0n) is 17.4. The first-order valence-corrected chi connectivity index (χ1v) is 11.1. The molecule has 0 saturated carbocycles. The third-order valence-electron chi connectivity index (χ3n) is 5.38. The molecule has 1 saturated heterocycles. The van der Waals surface area contributed by atoms with Gasteiger partial charge in [-0.3, -0.25) is 4.79 Å². The number of benzene rings is 2. The van der Waals surface area contributed by atoms with E-state index in [1.54, 1.807) is 18.0 Å². The van der Waals surface area contributed by atoms with Crippen LogP contribution in [0.25, 0.3) is 0 Å². The van der Waals surface area contributed by atoms with Gasteiger partial charge in [0.05, 0.1) is 0 Å². The summed E-state index contributed by atoms with van der Waals surface area (Å²) in [6.45, 7) is 5.60. The van der Waals surface area contributed by atoms with E-state index in [2.05, 4.69) is 37.0 Å². The van der Waals surface area contributed by atoms with Crippen LogP contribution in [0, 0.1) is 13.8 Å². The first-order valence-electron chi connectivity index (χ1n) is 10.3. The Morgan fingerprint density at radius 2 is 1.67 bits per heavy atom. The summed E-state index contributed by atoms with van der Waals surface area (Å²) in [6.07, 6.45) is 3.65. The first-order chi connectivity index (χ1) is 14.6. The zero-order chi connectivity index (χ0) is 20.9. The maximum absolute atomic E-state index is 12.9. The number of rotatable bonds is 5. The van der Waals surface area contributed by atoms with Crippen LogP contribution in [-0.4, -0.2) is 35.0 Å². The Labute approximate surface area is 182 Å². The number of carbonyl (C=O) groups is 1. The lowest BCUT2D eigenvalue weighted by Gasteiger charge is -2.33. The molecule has 0 bridgehead atoms. The number of carbonyl (C=O) groups excluding carboxylic acids is 1. The molecule has 5 heteroatoms. The molecule has 4 nitrogen and oxygen atoms in total. The quantitative estimate of drug-likeness (QED) is 0.546. The van der Waals surface area contributed by atoms with Crippen LogP contribution in [0.1, 0.15) is 34.3 Å². The minimum absolute atomic E-state index is 0.0925. The zero-order valence-corrected chi connectivity index (χ0v) is 18.2. The van der Waals surface area contributed by atoms with E-state index in [1.165, 1.54) is 0 Å². The van der Waals surface area contributed by atoms with E-state index >= 15 is 0 Å². The van der Waals surface area contributed by atoms with Gasteiger partial charge in [-0.2, -0.15) is 0 Å². The molecule has 2 heterocycles. The summed E-state index contributed by atoms with van der Waals surface area (Å²) < 4.78 is 6.28. The molecule has 0 aliphatic carbocycles. The second kappa shape index (κ2) is 9.35. The van der Waals surface area contributed by atoms with Gasteiger partial charge in [-0.1, -0.05) is 36.0 Å². The van der Waals surface area contributed by atoms with Crippen molar-refractivity contribution in [3.63, 3.8) is 0 Å². The molecule has 0 unspecified atom stereocenters. The molecule has 1 aliphatic rings. The molecule has 0 spiro atoms. The largest absolute Gasteiger partial charge is 0.490 e. The van der Waals surface area contributed by atoms with Crippen molar-refractivity contribution in [3.8, 4) is 5.75 Å². The van der Waals surface area contributed by atoms with Gasteiger partial charge in [0.25, 0.3) is 5.91 Å². The Bertz CT molecular complexity index is 977. The fraction of sp³-hybridized carbons (Fsp3) is 0.280. The Morgan fingerprint density at radius 1 is 0.967 bits per heavy atom. The van der Waals surface area contributed by atoms with Crippen molar-refractivity contribution in [3.05, 3.63) is 83.6 Å². The summed E-state index contributed by atoms with van der Waals surface area (Å²) in [5, 5.41) is 0.947. The number of aryl methyl sites for hydroxylation is 2. The topological polar surface area (TPSA) is 42.4 Å². The van der Waals surface area contributed by atoms with Crippen molar-refractivity contribution < 1.29 is 9.53 Å². The number of nitrogens with zero attached hydrogens (tertiary/aromatic N) is 2. The van der Waals surface area contributed by atoms with Crippen molar-refractivity contribution >= 4 is 17.7 Å². The SMILES string of the molecule is Cc1cccc(C)c1OC1CCN(C(=O)c2ccc(Sc3ccccn3)cc2)CC1. The Balaban J connectivity index is 1.33. The van der Waals surface area contributed by atoms with Gasteiger partial charge in [0.15, 0.2) is 0 Å². The molecule has 0 radical (unpaired) electrons. The van der Waals surface area contributed by atoms with E-state index in [1.807, 2.05) is 47.4 Å². The predicted molar refractivity (Wildman–Crippen MR) is 120 cm³/mol. The number of likely N-dealkylation sites (tertiary alicyclic amines) is 1. The molecule has 0 atom stereocenters. The molecule has 1 aliphatic heterocycles. The second-order valence-corrected chi connectivity index (χ2v) is 8.72. The van der Waals surface area contributed by atoms with Crippen molar-refractivity contribution in [2.75, 3.05) is 13.1 Å². The van der Waals surface area contributed by atoms with Gasteiger partial charge in [-0.05, 0) is 61.4 Å². The van der Waals surface area contributed by atoms with E-state index in [9.17, 15) is 4.79 Å².